The summed E-state index contributed by atoms with van der Waals surface area (Å²) >= 11 is 0. The van der Waals surface area contributed by atoms with Crippen LogP contribution in [0.4, 0.5) is 0 Å². The van der Waals surface area contributed by atoms with Gasteiger partial charge in [-0.3, -0.25) is 9.80 Å². The topological polar surface area (TPSA) is 50.1 Å². The average Bonchev–Trinajstić information content (AvgIpc) is 3.12. The van der Waals surface area contributed by atoms with E-state index in [1.165, 1.54) is 5.69 Å². The second-order valence-corrected chi connectivity index (χ2v) is 7.45. The van der Waals surface area contributed by atoms with Crippen molar-refractivity contribution in [2.75, 3.05) is 52.5 Å². The molecule has 0 spiro atoms. The Kier molecular flexibility index (Phi) is 8.51. The van der Waals surface area contributed by atoms with Gasteiger partial charge < -0.3 is 19.1 Å². The normalized spacial score (nSPS) is 16.5. The number of ether oxygens (including phenoxy) is 2. The second-order valence-electron chi connectivity index (χ2n) is 7.45. The highest BCUT2D eigenvalue weighted by molar-refractivity contribution is 5.13. The first-order valence-corrected chi connectivity index (χ1v) is 10.1. The van der Waals surface area contributed by atoms with Crippen LogP contribution < -0.4 is 0 Å². The van der Waals surface area contributed by atoms with Crippen molar-refractivity contribution in [3.63, 3.8) is 0 Å². The fourth-order valence-electron chi connectivity index (χ4n) is 3.47. The minimum absolute atomic E-state index is 0.343. The average molecular weight is 388 g/mol. The summed E-state index contributed by atoms with van der Waals surface area (Å²) in [5.74, 6) is 0. The van der Waals surface area contributed by atoms with E-state index in [1.54, 1.807) is 0 Å². The standard InChI is InChI=1S/C22H33N3O3/c1-23-9-5-8-21(23)16-25(11-10-24-12-14-27-15-13-24)17-22(26)19-28-18-20-6-3-2-4-7-20/h2-9,22,26H,10-19H2,1H3. The van der Waals surface area contributed by atoms with Crippen molar-refractivity contribution in [1.82, 2.24) is 14.4 Å². The SMILES string of the molecule is Cn1cccc1CN(CCN1CCOCC1)CC(O)COCc1ccccc1. The first kappa shape index (κ1) is 21.0. The number of hydrogen-bond donors (Lipinski definition) is 1. The van der Waals surface area contributed by atoms with Crippen molar-refractivity contribution in [2.24, 2.45) is 7.05 Å². The summed E-state index contributed by atoms with van der Waals surface area (Å²) in [6.45, 7) is 7.81. The van der Waals surface area contributed by atoms with Gasteiger partial charge in [0, 0.05) is 58.2 Å². The quantitative estimate of drug-likeness (QED) is 0.637. The van der Waals surface area contributed by atoms with E-state index in [4.69, 9.17) is 9.47 Å². The Morgan fingerprint density at radius 3 is 2.64 bits per heavy atom. The molecule has 154 valence electrons. The van der Waals surface area contributed by atoms with Crippen LogP contribution in [0.25, 0.3) is 0 Å². The van der Waals surface area contributed by atoms with Gasteiger partial charge in [0.2, 0.25) is 0 Å². The van der Waals surface area contributed by atoms with Crippen LogP contribution in [0, 0.1) is 0 Å². The molecule has 0 amide bonds. The molecule has 6 nitrogen and oxygen atoms in total. The first-order chi connectivity index (χ1) is 13.7. The minimum Gasteiger partial charge on any atom is -0.389 e. The van der Waals surface area contributed by atoms with E-state index in [2.05, 4.69) is 39.7 Å². The number of morpholine rings is 1. The van der Waals surface area contributed by atoms with E-state index in [0.717, 1.165) is 51.5 Å². The van der Waals surface area contributed by atoms with E-state index in [9.17, 15) is 5.11 Å². The Labute approximate surface area is 168 Å². The summed E-state index contributed by atoms with van der Waals surface area (Å²) in [5, 5.41) is 10.5. The molecule has 0 bridgehead atoms. The van der Waals surface area contributed by atoms with Gasteiger partial charge in [-0.1, -0.05) is 30.3 Å². The molecule has 28 heavy (non-hydrogen) atoms. The first-order valence-electron chi connectivity index (χ1n) is 10.1. The molecule has 1 aliphatic heterocycles. The summed E-state index contributed by atoms with van der Waals surface area (Å²) < 4.78 is 13.3. The number of aliphatic hydroxyl groups is 1. The fraction of sp³-hybridized carbons (Fsp3) is 0.545. The van der Waals surface area contributed by atoms with Crippen molar-refractivity contribution in [2.45, 2.75) is 19.3 Å². The van der Waals surface area contributed by atoms with Gasteiger partial charge in [-0.05, 0) is 17.7 Å². The lowest BCUT2D eigenvalue weighted by molar-refractivity contribution is 0.00179. The predicted octanol–water partition coefficient (Wildman–Crippen LogP) is 1.74. The van der Waals surface area contributed by atoms with Crippen LogP contribution in [0.2, 0.25) is 0 Å². The van der Waals surface area contributed by atoms with Gasteiger partial charge in [-0.15, -0.1) is 0 Å². The van der Waals surface area contributed by atoms with Crippen LogP contribution in [-0.2, 0) is 29.7 Å². The molecule has 0 radical (unpaired) electrons. The molecule has 0 aliphatic carbocycles. The van der Waals surface area contributed by atoms with E-state index >= 15 is 0 Å². The minimum atomic E-state index is -0.506. The van der Waals surface area contributed by atoms with Gasteiger partial charge in [-0.2, -0.15) is 0 Å². The zero-order valence-corrected chi connectivity index (χ0v) is 16.9. The van der Waals surface area contributed by atoms with Crippen LogP contribution in [0.3, 0.4) is 0 Å². The third-order valence-corrected chi connectivity index (χ3v) is 5.16. The van der Waals surface area contributed by atoms with Crippen LogP contribution in [0.15, 0.2) is 48.7 Å². The molecule has 1 aromatic carbocycles. The maximum Gasteiger partial charge on any atom is 0.0900 e. The lowest BCUT2D eigenvalue weighted by Gasteiger charge is -2.31. The lowest BCUT2D eigenvalue weighted by atomic mass is 10.2. The monoisotopic (exact) mass is 387 g/mol. The summed E-state index contributed by atoms with van der Waals surface area (Å²) in [4.78, 5) is 4.75. The number of aryl methyl sites for hydroxylation is 1. The number of hydrogen-bond acceptors (Lipinski definition) is 5. The van der Waals surface area contributed by atoms with E-state index in [0.29, 0.717) is 19.8 Å². The molecule has 2 heterocycles. The molecule has 1 saturated heterocycles. The Bertz CT molecular complexity index is 671. The maximum absolute atomic E-state index is 10.5. The molecule has 0 saturated carbocycles. The van der Waals surface area contributed by atoms with Gasteiger partial charge in [0.15, 0.2) is 0 Å². The molecule has 6 heteroatoms. The summed E-state index contributed by atoms with van der Waals surface area (Å²) in [7, 11) is 2.06. The third-order valence-electron chi connectivity index (χ3n) is 5.16. The van der Waals surface area contributed by atoms with E-state index < -0.39 is 6.10 Å². The Morgan fingerprint density at radius 1 is 1.14 bits per heavy atom. The van der Waals surface area contributed by atoms with Crippen LogP contribution in [0.5, 0.6) is 0 Å². The Balaban J connectivity index is 1.47. The van der Waals surface area contributed by atoms with Crippen molar-refractivity contribution in [3.8, 4) is 0 Å². The zero-order valence-electron chi connectivity index (χ0n) is 16.9. The Hall–Kier alpha value is -1.70. The van der Waals surface area contributed by atoms with Crippen molar-refractivity contribution >= 4 is 0 Å². The highest BCUT2D eigenvalue weighted by atomic mass is 16.5. The molecular weight excluding hydrogens is 354 g/mol. The highest BCUT2D eigenvalue weighted by Gasteiger charge is 2.17. The van der Waals surface area contributed by atoms with Gasteiger partial charge in [0.05, 0.1) is 32.5 Å². The van der Waals surface area contributed by atoms with Crippen LogP contribution >= 0.6 is 0 Å². The van der Waals surface area contributed by atoms with Gasteiger partial charge in [0.1, 0.15) is 0 Å². The number of rotatable bonds is 11. The van der Waals surface area contributed by atoms with Crippen molar-refractivity contribution in [3.05, 3.63) is 59.9 Å². The van der Waals surface area contributed by atoms with Gasteiger partial charge in [0.25, 0.3) is 0 Å². The molecule has 1 fully saturated rings. The van der Waals surface area contributed by atoms with Crippen molar-refractivity contribution < 1.29 is 14.6 Å². The maximum atomic E-state index is 10.5. The largest absolute Gasteiger partial charge is 0.389 e. The van der Waals surface area contributed by atoms with Crippen LogP contribution in [-0.4, -0.2) is 78.1 Å². The molecule has 2 aromatic rings. The van der Waals surface area contributed by atoms with Crippen molar-refractivity contribution in [1.29, 1.82) is 0 Å². The zero-order chi connectivity index (χ0) is 19.6. The summed E-state index contributed by atoms with van der Waals surface area (Å²) in [6, 6.07) is 14.3. The molecule has 1 aliphatic rings. The van der Waals surface area contributed by atoms with E-state index in [1.807, 2.05) is 30.3 Å². The number of benzene rings is 1. The summed E-state index contributed by atoms with van der Waals surface area (Å²) in [6.07, 6.45) is 1.56. The molecule has 1 atom stereocenters. The van der Waals surface area contributed by atoms with E-state index in [-0.39, 0.29) is 0 Å². The molecule has 1 unspecified atom stereocenters. The molecular formula is C22H33N3O3. The summed E-state index contributed by atoms with van der Waals surface area (Å²) in [5.41, 5.74) is 2.38. The number of aliphatic hydroxyl groups excluding tert-OH is 1. The van der Waals surface area contributed by atoms with Gasteiger partial charge >= 0.3 is 0 Å². The van der Waals surface area contributed by atoms with Crippen LogP contribution in [0.1, 0.15) is 11.3 Å². The Morgan fingerprint density at radius 2 is 1.93 bits per heavy atom. The number of aromatic nitrogens is 1. The number of nitrogens with zero attached hydrogens (tertiary/aromatic N) is 3. The molecule has 3 rings (SSSR count). The highest BCUT2D eigenvalue weighted by Crippen LogP contribution is 2.08. The van der Waals surface area contributed by atoms with Gasteiger partial charge in [-0.25, -0.2) is 0 Å². The lowest BCUT2D eigenvalue weighted by Crippen LogP contribution is -2.43. The second kappa shape index (κ2) is 11.3. The molecule has 1 aromatic heterocycles. The molecule has 1 N–H and O–H groups in total. The fourth-order valence-corrected chi connectivity index (χ4v) is 3.47. The predicted molar refractivity (Wildman–Crippen MR) is 110 cm³/mol. The third kappa shape index (κ3) is 7.04. The smallest absolute Gasteiger partial charge is 0.0900 e.